The summed E-state index contributed by atoms with van der Waals surface area (Å²) in [6, 6.07) is 0. The van der Waals surface area contributed by atoms with E-state index in [1.807, 2.05) is 0 Å². The maximum absolute atomic E-state index is 4.70. The van der Waals surface area contributed by atoms with Gasteiger partial charge in [-0.05, 0) is 6.92 Å². The first kappa shape index (κ1) is 6.21. The largest absolute Gasteiger partial charge is 0.451 e. The van der Waals surface area contributed by atoms with Crippen LogP contribution in [0.4, 0.5) is 0 Å². The van der Waals surface area contributed by atoms with Crippen molar-refractivity contribution in [3.63, 3.8) is 0 Å². The summed E-state index contributed by atoms with van der Waals surface area (Å²) in [5.41, 5.74) is 0. The maximum Gasteiger partial charge on any atom is 0.175 e. The van der Waals surface area contributed by atoms with Gasteiger partial charge in [0.1, 0.15) is 0 Å². The molecule has 0 aromatic rings. The number of ether oxygens (including phenoxy) is 1. The van der Waals surface area contributed by atoms with Gasteiger partial charge in [-0.1, -0.05) is 6.58 Å². The van der Waals surface area contributed by atoms with E-state index < -0.39 is 0 Å². The SMILES string of the molecule is C=C(C)OC=NC. The molecule has 2 nitrogen and oxygen atoms in total. The lowest BCUT2D eigenvalue weighted by molar-refractivity contribution is 0.438. The van der Waals surface area contributed by atoms with Gasteiger partial charge in [0, 0.05) is 7.05 Å². The van der Waals surface area contributed by atoms with Crippen LogP contribution in [0.3, 0.4) is 0 Å². The van der Waals surface area contributed by atoms with Crippen LogP contribution in [0, 0.1) is 0 Å². The summed E-state index contributed by atoms with van der Waals surface area (Å²) < 4.78 is 4.70. The van der Waals surface area contributed by atoms with E-state index in [-0.39, 0.29) is 0 Å². The highest BCUT2D eigenvalue weighted by Crippen LogP contribution is 1.83. The first-order valence-electron chi connectivity index (χ1n) is 2.00. The van der Waals surface area contributed by atoms with Crippen molar-refractivity contribution in [2.45, 2.75) is 6.92 Å². The minimum Gasteiger partial charge on any atom is -0.451 e. The van der Waals surface area contributed by atoms with Crippen molar-refractivity contribution >= 4 is 6.40 Å². The normalized spacial score (nSPS) is 9.43. The summed E-state index contributed by atoms with van der Waals surface area (Å²) in [4.78, 5) is 3.57. The predicted octanol–water partition coefficient (Wildman–Crippen LogP) is 1.19. The summed E-state index contributed by atoms with van der Waals surface area (Å²) in [5.74, 6) is 0.658. The third-order valence-electron chi connectivity index (χ3n) is 0.359. The Morgan fingerprint density at radius 1 is 1.86 bits per heavy atom. The van der Waals surface area contributed by atoms with Crippen LogP contribution in [-0.4, -0.2) is 13.4 Å². The molecule has 0 aliphatic carbocycles. The minimum atomic E-state index is 0.658. The Morgan fingerprint density at radius 3 is 2.57 bits per heavy atom. The van der Waals surface area contributed by atoms with E-state index in [0.29, 0.717) is 5.76 Å². The first-order valence-corrected chi connectivity index (χ1v) is 2.00. The molecule has 0 aromatic heterocycles. The fourth-order valence-electron chi connectivity index (χ4n) is 0.143. The summed E-state index contributed by atoms with van der Waals surface area (Å²) >= 11 is 0. The van der Waals surface area contributed by atoms with Crippen LogP contribution < -0.4 is 0 Å². The van der Waals surface area contributed by atoms with Gasteiger partial charge >= 0.3 is 0 Å². The second kappa shape index (κ2) is 3.40. The molecular formula is C5H9NO. The Morgan fingerprint density at radius 2 is 2.43 bits per heavy atom. The highest BCUT2D eigenvalue weighted by atomic mass is 16.5. The van der Waals surface area contributed by atoms with Gasteiger partial charge in [0.2, 0.25) is 0 Å². The predicted molar refractivity (Wildman–Crippen MR) is 30.3 cm³/mol. The van der Waals surface area contributed by atoms with Gasteiger partial charge in [0.25, 0.3) is 0 Å². The van der Waals surface area contributed by atoms with E-state index in [4.69, 9.17) is 4.74 Å². The standard InChI is InChI=1S/C5H9NO/c1-5(2)7-4-6-3/h4H,1H2,2-3H3. The Balaban J connectivity index is 3.14. The van der Waals surface area contributed by atoms with E-state index in [1.54, 1.807) is 14.0 Å². The molecule has 0 aromatic carbocycles. The maximum atomic E-state index is 4.70. The van der Waals surface area contributed by atoms with E-state index in [2.05, 4.69) is 11.6 Å². The van der Waals surface area contributed by atoms with Crippen molar-refractivity contribution in [3.8, 4) is 0 Å². The highest BCUT2D eigenvalue weighted by Gasteiger charge is 1.72. The van der Waals surface area contributed by atoms with Gasteiger partial charge in [0.15, 0.2) is 6.40 Å². The zero-order valence-electron chi connectivity index (χ0n) is 4.64. The quantitative estimate of drug-likeness (QED) is 0.289. The van der Waals surface area contributed by atoms with Crippen LogP contribution in [0.2, 0.25) is 0 Å². The van der Waals surface area contributed by atoms with E-state index in [1.165, 1.54) is 6.40 Å². The van der Waals surface area contributed by atoms with Crippen molar-refractivity contribution in [1.82, 2.24) is 0 Å². The van der Waals surface area contributed by atoms with Crippen LogP contribution >= 0.6 is 0 Å². The van der Waals surface area contributed by atoms with Crippen LogP contribution in [0.5, 0.6) is 0 Å². The van der Waals surface area contributed by atoms with Crippen LogP contribution in [0.15, 0.2) is 17.3 Å². The Kier molecular flexibility index (Phi) is 3.02. The van der Waals surface area contributed by atoms with Crippen LogP contribution in [0.1, 0.15) is 6.92 Å². The molecule has 0 rings (SSSR count). The molecule has 0 heterocycles. The van der Waals surface area contributed by atoms with Crippen molar-refractivity contribution in [2.75, 3.05) is 7.05 Å². The number of hydrogen-bond acceptors (Lipinski definition) is 2. The zero-order chi connectivity index (χ0) is 5.70. The van der Waals surface area contributed by atoms with Gasteiger partial charge < -0.3 is 4.74 Å². The average Bonchev–Trinajstić information content (AvgIpc) is 1.61. The number of aliphatic imine (C=N–C) groups is 1. The molecule has 0 N–H and O–H groups in total. The molecule has 0 fully saturated rings. The van der Waals surface area contributed by atoms with Crippen molar-refractivity contribution in [2.24, 2.45) is 4.99 Å². The van der Waals surface area contributed by atoms with Crippen LogP contribution in [0.25, 0.3) is 0 Å². The Bertz CT molecular complexity index is 86.1. The Labute approximate surface area is 43.5 Å². The minimum absolute atomic E-state index is 0.658. The molecule has 0 unspecified atom stereocenters. The lowest BCUT2D eigenvalue weighted by Crippen LogP contribution is -1.79. The number of hydrogen-bond donors (Lipinski definition) is 0. The van der Waals surface area contributed by atoms with Crippen molar-refractivity contribution in [1.29, 1.82) is 0 Å². The van der Waals surface area contributed by atoms with Crippen LogP contribution in [-0.2, 0) is 4.74 Å². The molecule has 2 heteroatoms. The molecule has 0 bridgehead atoms. The molecule has 0 aliphatic heterocycles. The zero-order valence-corrected chi connectivity index (χ0v) is 4.64. The topological polar surface area (TPSA) is 21.6 Å². The number of rotatable bonds is 2. The molecule has 0 saturated carbocycles. The second-order valence-corrected chi connectivity index (χ2v) is 1.18. The highest BCUT2D eigenvalue weighted by molar-refractivity contribution is 5.47. The monoisotopic (exact) mass is 99.1 g/mol. The fraction of sp³-hybridized carbons (Fsp3) is 0.400. The molecule has 0 atom stereocenters. The third kappa shape index (κ3) is 5.21. The molecule has 0 amide bonds. The lowest BCUT2D eigenvalue weighted by Gasteiger charge is -1.90. The summed E-state index contributed by atoms with van der Waals surface area (Å²) in [5, 5.41) is 0. The summed E-state index contributed by atoms with van der Waals surface area (Å²) in [6.07, 6.45) is 1.35. The fourth-order valence-corrected chi connectivity index (χ4v) is 0.143. The third-order valence-corrected chi connectivity index (χ3v) is 0.359. The average molecular weight is 99.1 g/mol. The van der Waals surface area contributed by atoms with Gasteiger partial charge in [-0.15, -0.1) is 0 Å². The summed E-state index contributed by atoms with van der Waals surface area (Å²) in [6.45, 7) is 5.24. The van der Waals surface area contributed by atoms with E-state index >= 15 is 0 Å². The molecule has 0 radical (unpaired) electrons. The van der Waals surface area contributed by atoms with Crippen molar-refractivity contribution in [3.05, 3.63) is 12.3 Å². The molecular weight excluding hydrogens is 90.1 g/mol. The molecule has 40 valence electrons. The molecule has 0 saturated heterocycles. The second-order valence-electron chi connectivity index (χ2n) is 1.18. The van der Waals surface area contributed by atoms with Gasteiger partial charge in [-0.3, -0.25) is 4.99 Å². The smallest absolute Gasteiger partial charge is 0.175 e. The van der Waals surface area contributed by atoms with E-state index in [0.717, 1.165) is 0 Å². The molecule has 0 spiro atoms. The molecule has 0 aliphatic rings. The lowest BCUT2D eigenvalue weighted by atomic mass is 10.7. The van der Waals surface area contributed by atoms with Gasteiger partial charge in [-0.2, -0.15) is 0 Å². The number of allylic oxidation sites excluding steroid dienone is 1. The van der Waals surface area contributed by atoms with E-state index in [9.17, 15) is 0 Å². The molecule has 7 heavy (non-hydrogen) atoms. The summed E-state index contributed by atoms with van der Waals surface area (Å²) in [7, 11) is 1.64. The Hall–Kier alpha value is -0.790. The van der Waals surface area contributed by atoms with Gasteiger partial charge in [-0.25, -0.2) is 0 Å². The van der Waals surface area contributed by atoms with Gasteiger partial charge in [0.05, 0.1) is 5.76 Å². The first-order chi connectivity index (χ1) is 3.27. The van der Waals surface area contributed by atoms with Crippen molar-refractivity contribution < 1.29 is 4.74 Å². The number of nitrogens with zero attached hydrogens (tertiary/aromatic N) is 1.